The summed E-state index contributed by atoms with van der Waals surface area (Å²) < 4.78 is 27.6. The fourth-order valence-corrected chi connectivity index (χ4v) is 4.09. The van der Waals surface area contributed by atoms with Gasteiger partial charge in [0.1, 0.15) is 4.90 Å². The van der Waals surface area contributed by atoms with E-state index in [4.69, 9.17) is 5.11 Å². The van der Waals surface area contributed by atoms with Gasteiger partial charge in [-0.15, -0.1) is 0 Å². The van der Waals surface area contributed by atoms with Gasteiger partial charge in [-0.25, -0.2) is 13.1 Å². The Balaban J connectivity index is 2.25. The Morgan fingerprint density at radius 2 is 1.96 bits per heavy atom. The largest absolute Gasteiger partial charge is 0.481 e. The Morgan fingerprint density at radius 3 is 2.48 bits per heavy atom. The minimum absolute atomic E-state index is 0.0703. The zero-order chi connectivity index (χ0) is 17.0. The Labute approximate surface area is 134 Å². The van der Waals surface area contributed by atoms with Crippen LogP contribution in [0.3, 0.4) is 0 Å². The van der Waals surface area contributed by atoms with E-state index in [1.807, 2.05) is 30.3 Å². The summed E-state index contributed by atoms with van der Waals surface area (Å²) in [7, 11) is -3.85. The molecule has 0 aliphatic carbocycles. The van der Waals surface area contributed by atoms with Crippen LogP contribution in [0.2, 0.25) is 0 Å². The molecule has 1 atom stereocenters. The fraction of sp³-hybridized carbons (Fsp3) is 0.333. The number of carboxylic acids is 1. The Hall–Kier alpha value is -2.19. The summed E-state index contributed by atoms with van der Waals surface area (Å²) in [6, 6.07) is 8.42. The smallest absolute Gasteiger partial charge is 0.304 e. The lowest BCUT2D eigenvalue weighted by molar-refractivity contribution is -0.137. The molecule has 1 unspecified atom stereocenters. The zero-order valence-corrected chi connectivity index (χ0v) is 13.7. The molecule has 1 aromatic carbocycles. The number of carboxylic acid groups (broad SMARTS) is 1. The van der Waals surface area contributed by atoms with Crippen LogP contribution in [0.25, 0.3) is 0 Å². The lowest BCUT2D eigenvalue weighted by atomic mass is 10.0. The number of benzene rings is 1. The number of H-pyrrole nitrogens is 1. The van der Waals surface area contributed by atoms with E-state index >= 15 is 0 Å². The standard InChI is InChI=1S/C15H19N3O4S/c1-10-15(11(2)17-16-10)23(21,22)18-13(9-14(19)20)8-12-6-4-3-5-7-12/h3-7,13,18H,8-9H2,1-2H3,(H,16,17)(H,19,20). The summed E-state index contributed by atoms with van der Waals surface area (Å²) in [5.41, 5.74) is 1.63. The molecule has 8 heteroatoms. The number of sulfonamides is 1. The second-order valence-electron chi connectivity index (χ2n) is 5.37. The molecular formula is C15H19N3O4S. The molecule has 124 valence electrons. The van der Waals surface area contributed by atoms with Crippen molar-refractivity contribution in [3.63, 3.8) is 0 Å². The molecule has 0 saturated heterocycles. The molecule has 0 bridgehead atoms. The van der Waals surface area contributed by atoms with Gasteiger partial charge in [0, 0.05) is 6.04 Å². The number of aromatic nitrogens is 2. The van der Waals surface area contributed by atoms with Crippen molar-refractivity contribution in [2.24, 2.45) is 0 Å². The third-order valence-electron chi connectivity index (χ3n) is 3.40. The molecule has 23 heavy (non-hydrogen) atoms. The molecule has 0 aliphatic heterocycles. The highest BCUT2D eigenvalue weighted by Gasteiger charge is 2.26. The first kappa shape index (κ1) is 17.2. The van der Waals surface area contributed by atoms with Crippen molar-refractivity contribution in [1.82, 2.24) is 14.9 Å². The summed E-state index contributed by atoms with van der Waals surface area (Å²) in [6.45, 7) is 3.19. The van der Waals surface area contributed by atoms with E-state index in [2.05, 4.69) is 14.9 Å². The molecule has 0 aliphatic rings. The van der Waals surface area contributed by atoms with Crippen LogP contribution in [0.1, 0.15) is 23.4 Å². The van der Waals surface area contributed by atoms with Crippen LogP contribution in [0.4, 0.5) is 0 Å². The minimum Gasteiger partial charge on any atom is -0.481 e. The number of aromatic amines is 1. The zero-order valence-electron chi connectivity index (χ0n) is 12.9. The highest BCUT2D eigenvalue weighted by atomic mass is 32.2. The molecular weight excluding hydrogens is 318 g/mol. The van der Waals surface area contributed by atoms with Gasteiger partial charge in [0.25, 0.3) is 0 Å². The maximum absolute atomic E-state index is 12.6. The average molecular weight is 337 g/mol. The van der Waals surface area contributed by atoms with Gasteiger partial charge in [0.2, 0.25) is 10.0 Å². The number of aryl methyl sites for hydroxylation is 2. The van der Waals surface area contributed by atoms with Crippen LogP contribution in [0, 0.1) is 13.8 Å². The van der Waals surface area contributed by atoms with Crippen LogP contribution >= 0.6 is 0 Å². The van der Waals surface area contributed by atoms with Crippen molar-refractivity contribution in [1.29, 1.82) is 0 Å². The summed E-state index contributed by atoms with van der Waals surface area (Å²) in [4.78, 5) is 11.1. The van der Waals surface area contributed by atoms with Gasteiger partial charge in [-0.05, 0) is 25.8 Å². The van der Waals surface area contributed by atoms with Gasteiger partial charge in [-0.2, -0.15) is 5.10 Å². The molecule has 1 heterocycles. The highest BCUT2D eigenvalue weighted by Crippen LogP contribution is 2.18. The Morgan fingerprint density at radius 1 is 1.30 bits per heavy atom. The first-order chi connectivity index (χ1) is 10.8. The SMILES string of the molecule is Cc1n[nH]c(C)c1S(=O)(=O)NC(CC(=O)O)Cc1ccccc1. The van der Waals surface area contributed by atoms with E-state index in [1.165, 1.54) is 0 Å². The van der Waals surface area contributed by atoms with Gasteiger partial charge in [-0.1, -0.05) is 30.3 Å². The molecule has 0 saturated carbocycles. The van der Waals surface area contributed by atoms with Crippen molar-refractivity contribution in [2.45, 2.75) is 37.6 Å². The average Bonchev–Trinajstić information content (AvgIpc) is 2.78. The molecule has 3 N–H and O–H groups in total. The quantitative estimate of drug-likeness (QED) is 0.707. The van der Waals surface area contributed by atoms with Crippen molar-refractivity contribution in [3.8, 4) is 0 Å². The number of aliphatic carboxylic acids is 1. The molecule has 7 nitrogen and oxygen atoms in total. The molecule has 2 rings (SSSR count). The maximum atomic E-state index is 12.6. The van der Waals surface area contributed by atoms with Gasteiger partial charge < -0.3 is 5.11 Å². The van der Waals surface area contributed by atoms with Crippen LogP contribution < -0.4 is 4.72 Å². The summed E-state index contributed by atoms with van der Waals surface area (Å²) in [6.07, 6.45) is -0.00755. The van der Waals surface area contributed by atoms with Gasteiger partial charge >= 0.3 is 5.97 Å². The first-order valence-electron chi connectivity index (χ1n) is 7.09. The topological polar surface area (TPSA) is 112 Å². The third-order valence-corrected chi connectivity index (χ3v) is 5.18. The summed E-state index contributed by atoms with van der Waals surface area (Å²) in [5, 5.41) is 15.5. The fourth-order valence-electron chi connectivity index (χ4n) is 2.48. The van der Waals surface area contributed by atoms with Crippen molar-refractivity contribution < 1.29 is 18.3 Å². The molecule has 1 aromatic heterocycles. The van der Waals surface area contributed by atoms with Gasteiger partial charge in [-0.3, -0.25) is 9.89 Å². The lowest BCUT2D eigenvalue weighted by Gasteiger charge is -2.17. The highest BCUT2D eigenvalue weighted by molar-refractivity contribution is 7.89. The van der Waals surface area contributed by atoms with Crippen LogP contribution in [0.15, 0.2) is 35.2 Å². The molecule has 0 fully saturated rings. The first-order valence-corrected chi connectivity index (χ1v) is 8.57. The Bertz CT molecular complexity index is 765. The van der Waals surface area contributed by atoms with E-state index < -0.39 is 22.0 Å². The summed E-state index contributed by atoms with van der Waals surface area (Å²) in [5.74, 6) is -1.06. The van der Waals surface area contributed by atoms with Crippen molar-refractivity contribution in [3.05, 3.63) is 47.3 Å². The third kappa shape index (κ3) is 4.40. The number of hydrogen-bond donors (Lipinski definition) is 3. The monoisotopic (exact) mass is 337 g/mol. The molecule has 0 radical (unpaired) electrons. The van der Waals surface area contributed by atoms with E-state index in [0.717, 1.165) is 5.56 Å². The predicted octanol–water partition coefficient (Wildman–Crippen LogP) is 1.39. The maximum Gasteiger partial charge on any atom is 0.304 e. The van der Waals surface area contributed by atoms with Gasteiger partial charge in [0.15, 0.2) is 0 Å². The molecule has 0 spiro atoms. The number of hydrogen-bond acceptors (Lipinski definition) is 4. The van der Waals surface area contributed by atoms with E-state index in [-0.39, 0.29) is 11.3 Å². The summed E-state index contributed by atoms with van der Waals surface area (Å²) >= 11 is 0. The molecule has 0 amide bonds. The second-order valence-corrected chi connectivity index (χ2v) is 7.02. The second kappa shape index (κ2) is 6.93. The van der Waals surface area contributed by atoms with Gasteiger partial charge in [0.05, 0.1) is 17.8 Å². The number of carbonyl (C=O) groups is 1. The minimum atomic E-state index is -3.85. The van der Waals surface area contributed by atoms with E-state index in [1.54, 1.807) is 13.8 Å². The van der Waals surface area contributed by atoms with E-state index in [9.17, 15) is 13.2 Å². The number of nitrogens with one attached hydrogen (secondary N) is 2. The van der Waals surface area contributed by atoms with Crippen LogP contribution in [-0.4, -0.2) is 35.7 Å². The molecule has 2 aromatic rings. The van der Waals surface area contributed by atoms with Crippen molar-refractivity contribution >= 4 is 16.0 Å². The van der Waals surface area contributed by atoms with Crippen LogP contribution in [0.5, 0.6) is 0 Å². The number of rotatable bonds is 7. The van der Waals surface area contributed by atoms with E-state index in [0.29, 0.717) is 17.8 Å². The Kier molecular flexibility index (Phi) is 5.17. The normalized spacial score (nSPS) is 13.0. The van der Waals surface area contributed by atoms with Crippen molar-refractivity contribution in [2.75, 3.05) is 0 Å². The predicted molar refractivity (Wildman–Crippen MR) is 84.6 cm³/mol. The lowest BCUT2D eigenvalue weighted by Crippen LogP contribution is -2.38. The number of nitrogens with zero attached hydrogens (tertiary/aromatic N) is 1. The van der Waals surface area contributed by atoms with Crippen LogP contribution in [-0.2, 0) is 21.2 Å².